The summed E-state index contributed by atoms with van der Waals surface area (Å²) in [5.41, 5.74) is 0.750. The molecule has 0 amide bonds. The fraction of sp³-hybridized carbons (Fsp3) is 0.364. The Morgan fingerprint density at radius 3 is 2.79 bits per heavy atom. The number of Topliss-reactive ketones (excluding diaryl/α,β-unsaturated/α-hetero) is 1. The molecule has 0 saturated heterocycles. The second kappa shape index (κ2) is 4.65. The number of benzene rings is 1. The molecule has 1 aromatic carbocycles. The van der Waals surface area contributed by atoms with Crippen molar-refractivity contribution in [3.63, 3.8) is 0 Å². The van der Waals surface area contributed by atoms with Crippen LogP contribution in [0.15, 0.2) is 18.2 Å². The van der Waals surface area contributed by atoms with Gasteiger partial charge in [0.1, 0.15) is 17.3 Å². The zero-order chi connectivity index (χ0) is 10.6. The molecule has 0 spiro atoms. The number of phenolic OH excluding ortho intramolecular Hbond substituents is 1. The third-order valence-corrected chi connectivity index (χ3v) is 2.03. The molecule has 14 heavy (non-hydrogen) atoms. The normalized spacial score (nSPS) is 9.86. The van der Waals surface area contributed by atoms with E-state index < -0.39 is 0 Å². The van der Waals surface area contributed by atoms with Gasteiger partial charge in [-0.2, -0.15) is 0 Å². The number of rotatable bonds is 4. The summed E-state index contributed by atoms with van der Waals surface area (Å²) in [5.74, 6) is 1.03. The second-order valence-corrected chi connectivity index (χ2v) is 3.20. The molecule has 0 radical (unpaired) electrons. The Kier molecular flexibility index (Phi) is 3.51. The van der Waals surface area contributed by atoms with Crippen LogP contribution in [-0.2, 0) is 11.2 Å². The molecule has 3 heteroatoms. The molecule has 76 valence electrons. The van der Waals surface area contributed by atoms with Crippen molar-refractivity contribution < 1.29 is 14.6 Å². The van der Waals surface area contributed by atoms with Gasteiger partial charge in [-0.05, 0) is 37.1 Å². The van der Waals surface area contributed by atoms with Crippen LogP contribution in [0.25, 0.3) is 0 Å². The lowest BCUT2D eigenvalue weighted by Gasteiger charge is -2.05. The molecule has 3 nitrogen and oxygen atoms in total. The maximum atomic E-state index is 10.8. The van der Waals surface area contributed by atoms with Crippen molar-refractivity contribution in [2.45, 2.75) is 19.8 Å². The molecular formula is C11H14O3. The zero-order valence-corrected chi connectivity index (χ0v) is 8.41. The van der Waals surface area contributed by atoms with Gasteiger partial charge in [-0.25, -0.2) is 0 Å². The number of aryl methyl sites for hydroxylation is 1. The molecule has 0 bridgehead atoms. The van der Waals surface area contributed by atoms with Crippen molar-refractivity contribution in [2.24, 2.45) is 0 Å². The van der Waals surface area contributed by atoms with Crippen molar-refractivity contribution >= 4 is 5.78 Å². The lowest BCUT2D eigenvalue weighted by molar-refractivity contribution is -0.116. The van der Waals surface area contributed by atoms with Gasteiger partial charge in [-0.1, -0.05) is 0 Å². The molecule has 1 N–H and O–H groups in total. The van der Waals surface area contributed by atoms with E-state index in [2.05, 4.69) is 0 Å². The highest BCUT2D eigenvalue weighted by atomic mass is 16.5. The maximum absolute atomic E-state index is 10.8. The summed E-state index contributed by atoms with van der Waals surface area (Å²) in [4.78, 5) is 10.8. The highest BCUT2D eigenvalue weighted by Crippen LogP contribution is 2.23. The smallest absolute Gasteiger partial charge is 0.130 e. The van der Waals surface area contributed by atoms with Crippen molar-refractivity contribution in [3.05, 3.63) is 23.8 Å². The summed E-state index contributed by atoms with van der Waals surface area (Å²) in [5, 5.41) is 9.48. The number of ketones is 1. The Labute approximate surface area is 83.3 Å². The number of hydrogen-bond donors (Lipinski definition) is 1. The number of ether oxygens (including phenoxy) is 1. The fourth-order valence-electron chi connectivity index (χ4n) is 1.20. The molecule has 1 aromatic rings. The van der Waals surface area contributed by atoms with E-state index in [1.54, 1.807) is 25.3 Å². The quantitative estimate of drug-likeness (QED) is 0.796. The number of carbonyl (C=O) groups is 1. The van der Waals surface area contributed by atoms with E-state index in [4.69, 9.17) is 4.74 Å². The van der Waals surface area contributed by atoms with Crippen LogP contribution < -0.4 is 4.74 Å². The van der Waals surface area contributed by atoms with Crippen LogP contribution in [-0.4, -0.2) is 18.0 Å². The van der Waals surface area contributed by atoms with Crippen LogP contribution in [0.3, 0.4) is 0 Å². The average molecular weight is 194 g/mol. The molecule has 0 aromatic heterocycles. The first-order valence-corrected chi connectivity index (χ1v) is 4.49. The van der Waals surface area contributed by atoms with Crippen LogP contribution in [0.5, 0.6) is 11.5 Å². The minimum absolute atomic E-state index is 0.118. The van der Waals surface area contributed by atoms with E-state index in [0.717, 1.165) is 5.56 Å². The molecule has 0 fully saturated rings. The van der Waals surface area contributed by atoms with E-state index in [1.165, 1.54) is 6.92 Å². The van der Waals surface area contributed by atoms with Gasteiger partial charge in [0.25, 0.3) is 0 Å². The summed E-state index contributed by atoms with van der Waals surface area (Å²) >= 11 is 0. The molecule has 0 saturated carbocycles. The van der Waals surface area contributed by atoms with Crippen molar-refractivity contribution in [1.29, 1.82) is 0 Å². The molecule has 0 unspecified atom stereocenters. The first kappa shape index (κ1) is 10.6. The molecular weight excluding hydrogens is 180 g/mol. The van der Waals surface area contributed by atoms with Gasteiger partial charge in [-0.3, -0.25) is 0 Å². The number of phenols is 1. The van der Waals surface area contributed by atoms with E-state index in [0.29, 0.717) is 18.6 Å². The maximum Gasteiger partial charge on any atom is 0.130 e. The molecule has 0 aliphatic heterocycles. The molecule has 1 rings (SSSR count). The van der Waals surface area contributed by atoms with E-state index >= 15 is 0 Å². The Balaban J connectivity index is 2.78. The topological polar surface area (TPSA) is 46.5 Å². The third kappa shape index (κ3) is 2.76. The summed E-state index contributed by atoms with van der Waals surface area (Å²) in [6.07, 6.45) is 0.999. The number of carbonyl (C=O) groups excluding carboxylic acids is 1. The number of methoxy groups -OCH3 is 1. The summed E-state index contributed by atoms with van der Waals surface area (Å²) in [6.45, 7) is 1.54. The molecule has 0 heterocycles. The van der Waals surface area contributed by atoms with Crippen LogP contribution >= 0.6 is 0 Å². The van der Waals surface area contributed by atoms with Crippen molar-refractivity contribution in [1.82, 2.24) is 0 Å². The SMILES string of the molecule is COc1ccc(O)c(CCC(C)=O)c1. The van der Waals surface area contributed by atoms with Gasteiger partial charge in [0.15, 0.2) is 0 Å². The van der Waals surface area contributed by atoms with Crippen molar-refractivity contribution in [3.8, 4) is 11.5 Å². The fourth-order valence-corrected chi connectivity index (χ4v) is 1.20. The molecule has 0 atom stereocenters. The first-order chi connectivity index (χ1) is 6.63. The predicted octanol–water partition coefficient (Wildman–Crippen LogP) is 1.92. The first-order valence-electron chi connectivity index (χ1n) is 4.49. The predicted molar refractivity (Wildman–Crippen MR) is 53.7 cm³/mol. The minimum Gasteiger partial charge on any atom is -0.508 e. The Morgan fingerprint density at radius 1 is 1.50 bits per heavy atom. The van der Waals surface area contributed by atoms with Gasteiger partial charge < -0.3 is 14.6 Å². The largest absolute Gasteiger partial charge is 0.508 e. The zero-order valence-electron chi connectivity index (χ0n) is 8.41. The van der Waals surface area contributed by atoms with E-state index in [-0.39, 0.29) is 11.5 Å². The van der Waals surface area contributed by atoms with Gasteiger partial charge in [-0.15, -0.1) is 0 Å². The van der Waals surface area contributed by atoms with Gasteiger partial charge in [0.2, 0.25) is 0 Å². The number of hydrogen-bond acceptors (Lipinski definition) is 3. The van der Waals surface area contributed by atoms with Crippen LogP contribution in [0.2, 0.25) is 0 Å². The Hall–Kier alpha value is -1.51. The Morgan fingerprint density at radius 2 is 2.21 bits per heavy atom. The molecule has 0 aliphatic carbocycles. The standard InChI is InChI=1S/C11H14O3/c1-8(12)3-4-9-7-10(14-2)5-6-11(9)13/h5-7,13H,3-4H2,1-2H3. The van der Waals surface area contributed by atoms with Gasteiger partial charge in [0, 0.05) is 6.42 Å². The van der Waals surface area contributed by atoms with E-state index in [9.17, 15) is 9.90 Å². The van der Waals surface area contributed by atoms with Gasteiger partial charge >= 0.3 is 0 Å². The molecule has 0 aliphatic rings. The van der Waals surface area contributed by atoms with Gasteiger partial charge in [0.05, 0.1) is 7.11 Å². The summed E-state index contributed by atoms with van der Waals surface area (Å²) in [7, 11) is 1.57. The Bertz CT molecular complexity index is 331. The van der Waals surface area contributed by atoms with Crippen LogP contribution in [0.1, 0.15) is 18.9 Å². The highest BCUT2D eigenvalue weighted by Gasteiger charge is 2.04. The summed E-state index contributed by atoms with van der Waals surface area (Å²) < 4.78 is 5.02. The average Bonchev–Trinajstić information content (AvgIpc) is 2.16. The van der Waals surface area contributed by atoms with E-state index in [1.807, 2.05) is 0 Å². The minimum atomic E-state index is 0.118. The number of aromatic hydroxyl groups is 1. The van der Waals surface area contributed by atoms with Crippen LogP contribution in [0.4, 0.5) is 0 Å². The lowest BCUT2D eigenvalue weighted by Crippen LogP contribution is -1.95. The second-order valence-electron chi connectivity index (χ2n) is 3.20. The van der Waals surface area contributed by atoms with Crippen molar-refractivity contribution in [2.75, 3.05) is 7.11 Å². The lowest BCUT2D eigenvalue weighted by atomic mass is 10.1. The third-order valence-electron chi connectivity index (χ3n) is 2.03. The van der Waals surface area contributed by atoms with Crippen LogP contribution in [0, 0.1) is 0 Å². The summed E-state index contributed by atoms with van der Waals surface area (Å²) in [6, 6.07) is 5.01. The highest BCUT2D eigenvalue weighted by molar-refractivity contribution is 5.75. The monoisotopic (exact) mass is 194 g/mol.